The van der Waals surface area contributed by atoms with Crippen molar-refractivity contribution in [2.24, 2.45) is 0 Å². The fraction of sp³-hybridized carbons (Fsp3) is 0.348. The molecule has 7 heteroatoms. The monoisotopic (exact) mass is 417 g/mol. The minimum atomic E-state index is -0.629. The third-order valence-corrected chi connectivity index (χ3v) is 4.80. The van der Waals surface area contributed by atoms with Crippen LogP contribution in [0.5, 0.6) is 0 Å². The van der Waals surface area contributed by atoms with E-state index in [1.807, 2.05) is 0 Å². The maximum absolute atomic E-state index is 13.3. The number of aliphatic hydroxyl groups is 1. The van der Waals surface area contributed by atoms with E-state index >= 15 is 0 Å². The van der Waals surface area contributed by atoms with Gasteiger partial charge in [0.25, 0.3) is 5.91 Å². The average molecular weight is 417 g/mol. The van der Waals surface area contributed by atoms with E-state index in [9.17, 15) is 13.6 Å². The first-order valence-electron chi connectivity index (χ1n) is 9.94. The van der Waals surface area contributed by atoms with Crippen LogP contribution in [0, 0.1) is 11.6 Å². The molecular formula is C23H25F2NO4. The third kappa shape index (κ3) is 6.37. The first kappa shape index (κ1) is 21.9. The zero-order chi connectivity index (χ0) is 21.3. The highest BCUT2D eigenvalue weighted by molar-refractivity contribution is 5.91. The molecule has 0 spiro atoms. The van der Waals surface area contributed by atoms with Crippen molar-refractivity contribution in [1.29, 1.82) is 0 Å². The molecule has 30 heavy (non-hydrogen) atoms. The lowest BCUT2D eigenvalue weighted by atomic mass is 9.93. The number of nitrogens with one attached hydrogen (secondary N) is 1. The fourth-order valence-electron chi connectivity index (χ4n) is 3.16. The van der Waals surface area contributed by atoms with E-state index in [2.05, 4.69) is 5.32 Å². The Morgan fingerprint density at radius 2 is 1.73 bits per heavy atom. The number of hydrogen-bond donors (Lipinski definition) is 2. The number of halogens is 2. The van der Waals surface area contributed by atoms with Crippen LogP contribution in [0.3, 0.4) is 0 Å². The van der Waals surface area contributed by atoms with Crippen LogP contribution in [0.1, 0.15) is 36.3 Å². The van der Waals surface area contributed by atoms with Crippen molar-refractivity contribution in [3.8, 4) is 0 Å². The van der Waals surface area contributed by atoms with Crippen molar-refractivity contribution in [2.45, 2.75) is 38.0 Å². The molecule has 0 fully saturated rings. The van der Waals surface area contributed by atoms with Gasteiger partial charge in [0.1, 0.15) is 11.6 Å². The Hall–Kier alpha value is -2.77. The lowest BCUT2D eigenvalue weighted by Gasteiger charge is -2.29. The minimum Gasteiger partial charge on any atom is -0.459 e. The highest BCUT2D eigenvalue weighted by Gasteiger charge is 2.28. The lowest BCUT2D eigenvalue weighted by molar-refractivity contribution is -0.146. The minimum absolute atomic E-state index is 0.0873. The molecule has 1 heterocycles. The number of aliphatic hydroxyl groups excluding tert-OH is 1. The molecule has 0 saturated carbocycles. The summed E-state index contributed by atoms with van der Waals surface area (Å²) in [6, 6.07) is 12.0. The molecular weight excluding hydrogens is 392 g/mol. The highest BCUT2D eigenvalue weighted by atomic mass is 19.1. The van der Waals surface area contributed by atoms with Crippen LogP contribution < -0.4 is 5.32 Å². The number of amides is 1. The zero-order valence-electron chi connectivity index (χ0n) is 16.5. The van der Waals surface area contributed by atoms with Gasteiger partial charge in [-0.25, -0.2) is 8.78 Å². The van der Waals surface area contributed by atoms with Gasteiger partial charge < -0.3 is 19.9 Å². The third-order valence-electron chi connectivity index (χ3n) is 4.80. The van der Waals surface area contributed by atoms with Crippen molar-refractivity contribution >= 4 is 5.91 Å². The predicted molar refractivity (Wildman–Crippen MR) is 107 cm³/mol. The van der Waals surface area contributed by atoms with Crippen molar-refractivity contribution < 1.29 is 28.2 Å². The molecule has 0 aliphatic carbocycles. The van der Waals surface area contributed by atoms with Crippen LogP contribution in [0.25, 0.3) is 0 Å². The first-order chi connectivity index (χ1) is 14.5. The summed E-state index contributed by atoms with van der Waals surface area (Å²) in [6.07, 6.45) is 2.86. The molecule has 160 valence electrons. The van der Waals surface area contributed by atoms with Gasteiger partial charge >= 0.3 is 0 Å². The molecule has 0 unspecified atom stereocenters. The van der Waals surface area contributed by atoms with Crippen LogP contribution in [-0.2, 0) is 20.8 Å². The summed E-state index contributed by atoms with van der Waals surface area (Å²) in [4.78, 5) is 12.7. The van der Waals surface area contributed by atoms with Gasteiger partial charge in [-0.3, -0.25) is 4.79 Å². The molecule has 2 aromatic carbocycles. The molecule has 5 nitrogen and oxygen atoms in total. The predicted octanol–water partition coefficient (Wildman–Crippen LogP) is 3.78. The second kappa shape index (κ2) is 10.8. The van der Waals surface area contributed by atoms with Crippen LogP contribution in [0.4, 0.5) is 8.78 Å². The van der Waals surface area contributed by atoms with E-state index in [1.54, 1.807) is 30.3 Å². The van der Waals surface area contributed by atoms with Gasteiger partial charge in [-0.15, -0.1) is 0 Å². The van der Waals surface area contributed by atoms with Gasteiger partial charge in [0.15, 0.2) is 5.76 Å². The van der Waals surface area contributed by atoms with Crippen LogP contribution in [0.15, 0.2) is 60.4 Å². The number of carbonyl (C=O) groups excluding carboxylic acids is 1. The molecule has 1 amide bonds. The Morgan fingerprint density at radius 1 is 1.07 bits per heavy atom. The summed E-state index contributed by atoms with van der Waals surface area (Å²) >= 11 is 0. The Morgan fingerprint density at radius 3 is 2.40 bits per heavy atom. The zero-order valence-corrected chi connectivity index (χ0v) is 16.5. The SMILES string of the molecule is O=C(NCc1ccc(F)cc1)C1=C[C@@H](c2ccc(F)cc2)C[C@@H](OCCCCO)O1. The first-order valence-corrected chi connectivity index (χ1v) is 9.94. The molecule has 1 aliphatic heterocycles. The quantitative estimate of drug-likeness (QED) is 0.610. The Balaban J connectivity index is 1.68. The normalized spacial score (nSPS) is 18.4. The van der Waals surface area contributed by atoms with E-state index < -0.39 is 12.2 Å². The number of rotatable bonds is 9. The smallest absolute Gasteiger partial charge is 0.286 e. The van der Waals surface area contributed by atoms with Crippen molar-refractivity contribution in [1.82, 2.24) is 5.32 Å². The molecule has 0 saturated heterocycles. The van der Waals surface area contributed by atoms with Gasteiger partial charge in [-0.2, -0.15) is 0 Å². The van der Waals surface area contributed by atoms with E-state index in [1.165, 1.54) is 24.3 Å². The summed E-state index contributed by atoms with van der Waals surface area (Å²) in [5, 5.41) is 11.7. The number of benzene rings is 2. The number of ether oxygens (including phenoxy) is 2. The molecule has 0 aromatic heterocycles. The maximum atomic E-state index is 13.3. The average Bonchev–Trinajstić information content (AvgIpc) is 2.76. The fourth-order valence-corrected chi connectivity index (χ4v) is 3.16. The Labute approximate surface area is 174 Å². The molecule has 2 N–H and O–H groups in total. The summed E-state index contributed by atoms with van der Waals surface area (Å²) < 4.78 is 37.8. The molecule has 2 atom stereocenters. The summed E-state index contributed by atoms with van der Waals surface area (Å²) in [5.74, 6) is -1.12. The Bertz CT molecular complexity index is 853. The number of unbranched alkanes of at least 4 members (excludes halogenated alkanes) is 1. The van der Waals surface area contributed by atoms with E-state index in [0.717, 1.165) is 11.1 Å². The van der Waals surface area contributed by atoms with Gasteiger partial charge in [-0.05, 0) is 54.3 Å². The van der Waals surface area contributed by atoms with Crippen molar-refractivity contribution in [3.63, 3.8) is 0 Å². The lowest BCUT2D eigenvalue weighted by Crippen LogP contribution is -2.32. The standard InChI is InChI=1S/C23H25F2NO4/c24-19-7-3-16(4-8-19)15-26-23(28)21-13-18(17-5-9-20(25)10-6-17)14-22(30-21)29-12-2-1-11-27/h3-10,13,18,22,27H,1-2,11-12,14-15H2,(H,26,28)/t18-,22+/m1/s1. The summed E-state index contributed by atoms with van der Waals surface area (Å²) in [7, 11) is 0. The second-order valence-electron chi connectivity index (χ2n) is 7.08. The van der Waals surface area contributed by atoms with Crippen LogP contribution in [-0.4, -0.2) is 30.5 Å². The molecule has 1 aliphatic rings. The van der Waals surface area contributed by atoms with E-state index in [0.29, 0.717) is 25.9 Å². The summed E-state index contributed by atoms with van der Waals surface area (Å²) in [6.45, 7) is 0.707. The molecule has 0 bridgehead atoms. The van der Waals surface area contributed by atoms with Crippen molar-refractivity contribution in [3.05, 3.63) is 83.1 Å². The van der Waals surface area contributed by atoms with Gasteiger partial charge in [0.05, 0.1) is 6.61 Å². The summed E-state index contributed by atoms with van der Waals surface area (Å²) in [5.41, 5.74) is 1.61. The van der Waals surface area contributed by atoms with Crippen molar-refractivity contribution in [2.75, 3.05) is 13.2 Å². The van der Waals surface area contributed by atoms with Crippen LogP contribution in [0.2, 0.25) is 0 Å². The van der Waals surface area contributed by atoms with E-state index in [4.69, 9.17) is 14.6 Å². The van der Waals surface area contributed by atoms with Gasteiger partial charge in [0, 0.05) is 25.5 Å². The maximum Gasteiger partial charge on any atom is 0.286 e. The van der Waals surface area contributed by atoms with E-state index in [-0.39, 0.29) is 36.5 Å². The van der Waals surface area contributed by atoms with Crippen LogP contribution >= 0.6 is 0 Å². The Kier molecular flexibility index (Phi) is 7.93. The molecule has 3 rings (SSSR count). The molecule has 2 aromatic rings. The van der Waals surface area contributed by atoms with Gasteiger partial charge in [-0.1, -0.05) is 24.3 Å². The molecule has 0 radical (unpaired) electrons. The number of carbonyl (C=O) groups is 1. The number of hydrogen-bond acceptors (Lipinski definition) is 4. The topological polar surface area (TPSA) is 67.8 Å². The second-order valence-corrected chi connectivity index (χ2v) is 7.08. The van der Waals surface area contributed by atoms with Gasteiger partial charge in [0.2, 0.25) is 6.29 Å². The highest BCUT2D eigenvalue weighted by Crippen LogP contribution is 2.31. The largest absolute Gasteiger partial charge is 0.459 e. The number of allylic oxidation sites excluding steroid dienone is 1.